The quantitative estimate of drug-likeness (QED) is 0.449. The molecule has 2 unspecified atom stereocenters. The summed E-state index contributed by atoms with van der Waals surface area (Å²) < 4.78 is 10.2. The molecule has 1 heterocycles. The Bertz CT molecular complexity index is 1040. The van der Waals surface area contributed by atoms with Gasteiger partial charge in [-0.15, -0.1) is 0 Å². The number of benzene rings is 2. The van der Waals surface area contributed by atoms with Crippen molar-refractivity contribution >= 4 is 46.7 Å². The molecule has 0 saturated carbocycles. The number of ether oxygens (including phenoxy) is 2. The van der Waals surface area contributed by atoms with E-state index in [4.69, 9.17) is 32.7 Å². The molecule has 0 spiro atoms. The van der Waals surface area contributed by atoms with Crippen LogP contribution in [-0.2, 0) is 30.3 Å². The Kier molecular flexibility index (Phi) is 7.87. The van der Waals surface area contributed by atoms with Crippen molar-refractivity contribution in [1.29, 1.82) is 0 Å². The highest BCUT2D eigenvalue weighted by Crippen LogP contribution is 2.40. The second kappa shape index (κ2) is 10.4. The Balaban J connectivity index is 1.72. The minimum Gasteiger partial charge on any atom is -0.427 e. The van der Waals surface area contributed by atoms with Gasteiger partial charge in [0.15, 0.2) is 0 Å². The molecule has 0 aliphatic carbocycles. The van der Waals surface area contributed by atoms with Gasteiger partial charge in [0.1, 0.15) is 6.04 Å². The first-order chi connectivity index (χ1) is 15.5. The predicted molar refractivity (Wildman–Crippen MR) is 126 cm³/mol. The van der Waals surface area contributed by atoms with E-state index in [1.54, 1.807) is 32.9 Å². The van der Waals surface area contributed by atoms with Gasteiger partial charge in [0.2, 0.25) is 12.7 Å². The number of fused-ring (bicyclic) bond motifs is 1. The SMILES string of the molecule is CC(C)(C)C(=O)OCOC(=O)C1CC(NC(=O)Cc2ccccc2)c2c(Cl)cc(Cl)cc2N1. The first kappa shape index (κ1) is 24.9. The average Bonchev–Trinajstić information content (AvgIpc) is 2.72. The van der Waals surface area contributed by atoms with Crippen molar-refractivity contribution in [1.82, 2.24) is 5.32 Å². The number of esters is 2. The lowest BCUT2D eigenvalue weighted by Gasteiger charge is -2.33. The fourth-order valence-corrected chi connectivity index (χ4v) is 4.05. The minimum atomic E-state index is -0.803. The summed E-state index contributed by atoms with van der Waals surface area (Å²) >= 11 is 12.6. The Hall–Kier alpha value is -2.77. The normalized spacial score (nSPS) is 17.4. The number of amides is 1. The monoisotopic (exact) mass is 492 g/mol. The number of hydrogen-bond acceptors (Lipinski definition) is 6. The second-order valence-electron chi connectivity index (χ2n) is 8.83. The van der Waals surface area contributed by atoms with E-state index in [-0.39, 0.29) is 18.7 Å². The van der Waals surface area contributed by atoms with Gasteiger partial charge >= 0.3 is 11.9 Å². The Morgan fingerprint density at radius 1 is 1.09 bits per heavy atom. The second-order valence-corrected chi connectivity index (χ2v) is 9.67. The summed E-state index contributed by atoms with van der Waals surface area (Å²) in [5, 5.41) is 6.79. The van der Waals surface area contributed by atoms with Gasteiger partial charge in [0, 0.05) is 27.7 Å². The number of hydrogen-bond donors (Lipinski definition) is 2. The van der Waals surface area contributed by atoms with Crippen LogP contribution in [0.25, 0.3) is 0 Å². The van der Waals surface area contributed by atoms with Crippen molar-refractivity contribution in [2.24, 2.45) is 5.41 Å². The molecule has 1 aliphatic rings. The topological polar surface area (TPSA) is 93.7 Å². The van der Waals surface area contributed by atoms with Crippen LogP contribution in [-0.4, -0.2) is 30.7 Å². The van der Waals surface area contributed by atoms with E-state index in [2.05, 4.69) is 10.6 Å². The lowest BCUT2D eigenvalue weighted by atomic mass is 9.92. The predicted octanol–water partition coefficient (Wildman–Crippen LogP) is 4.67. The van der Waals surface area contributed by atoms with Gasteiger partial charge in [-0.05, 0) is 38.5 Å². The van der Waals surface area contributed by atoms with Crippen LogP contribution in [0.3, 0.4) is 0 Å². The van der Waals surface area contributed by atoms with Crippen LogP contribution in [0, 0.1) is 5.41 Å². The summed E-state index contributed by atoms with van der Waals surface area (Å²) in [6, 6.07) is 11.2. The Labute approximate surface area is 202 Å². The number of nitrogens with one attached hydrogen (secondary N) is 2. The van der Waals surface area contributed by atoms with Crippen LogP contribution in [0.5, 0.6) is 0 Å². The molecule has 0 radical (unpaired) electrons. The van der Waals surface area contributed by atoms with Gasteiger partial charge in [0.25, 0.3) is 0 Å². The van der Waals surface area contributed by atoms with Crippen molar-refractivity contribution in [3.05, 3.63) is 63.6 Å². The maximum atomic E-state index is 12.7. The fourth-order valence-electron chi connectivity index (χ4n) is 3.43. The lowest BCUT2D eigenvalue weighted by Crippen LogP contribution is -2.42. The summed E-state index contributed by atoms with van der Waals surface area (Å²) in [5.41, 5.74) is 1.32. The molecule has 33 heavy (non-hydrogen) atoms. The van der Waals surface area contributed by atoms with Crippen molar-refractivity contribution in [3.8, 4) is 0 Å². The molecule has 1 amide bonds. The highest BCUT2D eigenvalue weighted by Gasteiger charge is 2.35. The van der Waals surface area contributed by atoms with Crippen molar-refractivity contribution in [2.75, 3.05) is 12.1 Å². The van der Waals surface area contributed by atoms with Gasteiger partial charge in [-0.1, -0.05) is 53.5 Å². The zero-order valence-corrected chi connectivity index (χ0v) is 20.1. The maximum Gasteiger partial charge on any atom is 0.331 e. The largest absolute Gasteiger partial charge is 0.427 e. The van der Waals surface area contributed by atoms with Crippen LogP contribution in [0.1, 0.15) is 44.4 Å². The zero-order valence-electron chi connectivity index (χ0n) is 18.6. The summed E-state index contributed by atoms with van der Waals surface area (Å²) in [5.74, 6) is -1.32. The van der Waals surface area contributed by atoms with E-state index in [0.29, 0.717) is 21.3 Å². The van der Waals surface area contributed by atoms with Crippen molar-refractivity contribution in [2.45, 2.75) is 45.7 Å². The molecule has 2 aromatic rings. The van der Waals surface area contributed by atoms with Crippen molar-refractivity contribution < 1.29 is 23.9 Å². The molecule has 1 aliphatic heterocycles. The molecule has 0 fully saturated rings. The smallest absolute Gasteiger partial charge is 0.331 e. The fraction of sp³-hybridized carbons (Fsp3) is 0.375. The van der Waals surface area contributed by atoms with E-state index in [1.807, 2.05) is 30.3 Å². The molecule has 176 valence electrons. The molecule has 2 aromatic carbocycles. The van der Waals surface area contributed by atoms with E-state index in [0.717, 1.165) is 5.56 Å². The third-order valence-electron chi connectivity index (χ3n) is 5.07. The van der Waals surface area contributed by atoms with Crippen LogP contribution >= 0.6 is 23.2 Å². The van der Waals surface area contributed by atoms with Gasteiger partial charge in [-0.3, -0.25) is 9.59 Å². The zero-order chi connectivity index (χ0) is 24.2. The van der Waals surface area contributed by atoms with E-state index in [1.165, 1.54) is 0 Å². The van der Waals surface area contributed by atoms with E-state index >= 15 is 0 Å². The standard InChI is InChI=1S/C24H26Cl2N2O5/c1-24(2,3)23(31)33-13-32-22(30)19-12-18(21-16(26)10-15(25)11-17(21)27-19)28-20(29)9-14-7-5-4-6-8-14/h4-8,10-11,18-19,27H,9,12-13H2,1-3H3,(H,28,29). The number of rotatable bonds is 6. The van der Waals surface area contributed by atoms with Crippen molar-refractivity contribution in [3.63, 3.8) is 0 Å². The van der Waals surface area contributed by atoms with Gasteiger partial charge in [0.05, 0.1) is 17.9 Å². The summed E-state index contributed by atoms with van der Waals surface area (Å²) in [7, 11) is 0. The molecule has 0 aromatic heterocycles. The van der Waals surface area contributed by atoms with Crippen LogP contribution < -0.4 is 10.6 Å². The molecule has 0 saturated heterocycles. The number of carbonyl (C=O) groups is 3. The van der Waals surface area contributed by atoms with Gasteiger partial charge in [-0.25, -0.2) is 4.79 Å². The molecule has 7 nitrogen and oxygen atoms in total. The molecule has 2 N–H and O–H groups in total. The molecular formula is C24H26Cl2N2O5. The molecule has 0 bridgehead atoms. The molecule has 3 rings (SSSR count). The van der Waals surface area contributed by atoms with E-state index < -0.39 is 36.2 Å². The number of anilines is 1. The highest BCUT2D eigenvalue weighted by atomic mass is 35.5. The lowest BCUT2D eigenvalue weighted by molar-refractivity contribution is -0.173. The Morgan fingerprint density at radius 2 is 1.79 bits per heavy atom. The van der Waals surface area contributed by atoms with Crippen LogP contribution in [0.2, 0.25) is 10.0 Å². The first-order valence-electron chi connectivity index (χ1n) is 10.5. The molecular weight excluding hydrogens is 467 g/mol. The Morgan fingerprint density at radius 3 is 2.45 bits per heavy atom. The number of carbonyl (C=O) groups excluding carboxylic acids is 3. The third kappa shape index (κ3) is 6.62. The minimum absolute atomic E-state index is 0.184. The summed E-state index contributed by atoms with van der Waals surface area (Å²) in [6.45, 7) is 4.61. The molecule has 2 atom stereocenters. The highest BCUT2D eigenvalue weighted by molar-refractivity contribution is 6.35. The van der Waals surface area contributed by atoms with Crippen LogP contribution in [0.4, 0.5) is 5.69 Å². The number of halogens is 2. The molecule has 9 heteroatoms. The third-order valence-corrected chi connectivity index (χ3v) is 5.61. The maximum absolute atomic E-state index is 12.7. The first-order valence-corrected chi connectivity index (χ1v) is 11.2. The van der Waals surface area contributed by atoms with Crippen LogP contribution in [0.15, 0.2) is 42.5 Å². The average molecular weight is 493 g/mol. The summed E-state index contributed by atoms with van der Waals surface area (Å²) in [6.07, 6.45) is 0.379. The van der Waals surface area contributed by atoms with E-state index in [9.17, 15) is 14.4 Å². The summed E-state index contributed by atoms with van der Waals surface area (Å²) in [4.78, 5) is 37.3. The van der Waals surface area contributed by atoms with Gasteiger partial charge < -0.3 is 20.1 Å². The van der Waals surface area contributed by atoms with Gasteiger partial charge in [-0.2, -0.15) is 0 Å².